The van der Waals surface area contributed by atoms with Crippen molar-refractivity contribution < 1.29 is 8.42 Å². The van der Waals surface area contributed by atoms with E-state index in [1.807, 2.05) is 12.1 Å². The van der Waals surface area contributed by atoms with Crippen molar-refractivity contribution in [2.75, 3.05) is 52.2 Å². The standard InChI is InChI=1S/C19H27N5O2S2.HI/c1-20-19(24-12-10-23(11-13-24)18-9-6-14-27-18)21-15-16-7-4-5-8-17(16)28(25,26)22(2)3;/h4-9,14H,10-13,15H2,1-3H3,(H,20,21);1H. The van der Waals surface area contributed by atoms with E-state index in [0.717, 1.165) is 37.7 Å². The first-order valence-corrected chi connectivity index (χ1v) is 11.5. The minimum Gasteiger partial charge on any atom is -0.360 e. The van der Waals surface area contributed by atoms with Crippen molar-refractivity contribution in [1.82, 2.24) is 14.5 Å². The van der Waals surface area contributed by atoms with Crippen LogP contribution in [0.5, 0.6) is 0 Å². The zero-order valence-corrected chi connectivity index (χ0v) is 20.9. The van der Waals surface area contributed by atoms with Crippen LogP contribution in [-0.4, -0.2) is 70.9 Å². The van der Waals surface area contributed by atoms with Crippen molar-refractivity contribution in [3.05, 3.63) is 47.3 Å². The van der Waals surface area contributed by atoms with Crippen LogP contribution in [0.15, 0.2) is 51.7 Å². The summed E-state index contributed by atoms with van der Waals surface area (Å²) in [5.41, 5.74) is 0.731. The Kier molecular flexibility index (Phi) is 8.73. The smallest absolute Gasteiger partial charge is 0.242 e. The molecule has 0 bridgehead atoms. The van der Waals surface area contributed by atoms with E-state index < -0.39 is 10.0 Å². The molecule has 0 spiro atoms. The average molecular weight is 550 g/mol. The normalized spacial score (nSPS) is 15.4. The van der Waals surface area contributed by atoms with Gasteiger partial charge in [-0.15, -0.1) is 35.3 Å². The average Bonchev–Trinajstić information content (AvgIpc) is 3.24. The Hall–Kier alpha value is -1.37. The molecule has 0 radical (unpaired) electrons. The third kappa shape index (κ3) is 5.62. The second-order valence-corrected chi connectivity index (χ2v) is 9.77. The van der Waals surface area contributed by atoms with Gasteiger partial charge in [0.15, 0.2) is 5.96 Å². The van der Waals surface area contributed by atoms with Gasteiger partial charge in [-0.3, -0.25) is 4.99 Å². The van der Waals surface area contributed by atoms with Gasteiger partial charge in [-0.05, 0) is 29.1 Å². The zero-order chi connectivity index (χ0) is 20.1. The molecule has 10 heteroatoms. The maximum atomic E-state index is 12.6. The third-order valence-electron chi connectivity index (χ3n) is 4.78. The number of thiophene rings is 1. The topological polar surface area (TPSA) is 68.2 Å². The first-order chi connectivity index (χ1) is 13.4. The molecular weight excluding hydrogens is 521 g/mol. The van der Waals surface area contributed by atoms with Crippen LogP contribution >= 0.6 is 35.3 Å². The van der Waals surface area contributed by atoms with Crippen LogP contribution in [0, 0.1) is 0 Å². The van der Waals surface area contributed by atoms with E-state index in [1.54, 1.807) is 44.6 Å². The van der Waals surface area contributed by atoms with E-state index in [1.165, 1.54) is 9.31 Å². The van der Waals surface area contributed by atoms with Crippen LogP contribution in [0.3, 0.4) is 0 Å². The first kappa shape index (κ1) is 23.9. The molecule has 2 heterocycles. The molecule has 160 valence electrons. The Bertz CT molecular complexity index is 908. The number of guanidine groups is 1. The predicted octanol–water partition coefficient (Wildman–Crippen LogP) is 2.51. The molecule has 1 aliphatic heterocycles. The Balaban J connectivity index is 0.00000300. The lowest BCUT2D eigenvalue weighted by Crippen LogP contribution is -2.52. The number of anilines is 1. The van der Waals surface area contributed by atoms with Gasteiger partial charge in [-0.2, -0.15) is 0 Å². The van der Waals surface area contributed by atoms with Gasteiger partial charge >= 0.3 is 0 Å². The fourth-order valence-corrected chi connectivity index (χ4v) is 5.09. The first-order valence-electron chi connectivity index (χ1n) is 9.18. The molecule has 1 N–H and O–H groups in total. The number of rotatable bonds is 5. The van der Waals surface area contributed by atoms with Gasteiger partial charge < -0.3 is 15.1 Å². The maximum Gasteiger partial charge on any atom is 0.242 e. The fourth-order valence-electron chi connectivity index (χ4n) is 3.19. The van der Waals surface area contributed by atoms with E-state index in [-0.39, 0.29) is 24.0 Å². The largest absolute Gasteiger partial charge is 0.360 e. The molecular formula is C19H28IN5O2S2. The monoisotopic (exact) mass is 549 g/mol. The molecule has 0 saturated carbocycles. The molecule has 2 aromatic rings. The molecule has 0 aliphatic carbocycles. The van der Waals surface area contributed by atoms with Crippen molar-refractivity contribution in [2.24, 2.45) is 4.99 Å². The summed E-state index contributed by atoms with van der Waals surface area (Å²) in [6.07, 6.45) is 0. The highest BCUT2D eigenvalue weighted by atomic mass is 127. The van der Waals surface area contributed by atoms with Crippen LogP contribution in [0.25, 0.3) is 0 Å². The highest BCUT2D eigenvalue weighted by Crippen LogP contribution is 2.22. The van der Waals surface area contributed by atoms with Gasteiger partial charge in [0.25, 0.3) is 0 Å². The van der Waals surface area contributed by atoms with Gasteiger partial charge in [0.1, 0.15) is 0 Å². The second-order valence-electron chi connectivity index (χ2n) is 6.72. The number of benzene rings is 1. The summed E-state index contributed by atoms with van der Waals surface area (Å²) < 4.78 is 26.4. The minimum atomic E-state index is -3.49. The van der Waals surface area contributed by atoms with Gasteiger partial charge in [0, 0.05) is 53.9 Å². The highest BCUT2D eigenvalue weighted by Gasteiger charge is 2.23. The van der Waals surface area contributed by atoms with E-state index in [0.29, 0.717) is 11.4 Å². The lowest BCUT2D eigenvalue weighted by Gasteiger charge is -2.37. The molecule has 0 atom stereocenters. The van der Waals surface area contributed by atoms with Gasteiger partial charge in [0.2, 0.25) is 10.0 Å². The Morgan fingerprint density at radius 1 is 1.14 bits per heavy atom. The van der Waals surface area contributed by atoms with Crippen LogP contribution in [-0.2, 0) is 16.6 Å². The lowest BCUT2D eigenvalue weighted by atomic mass is 10.2. The summed E-state index contributed by atoms with van der Waals surface area (Å²) in [7, 11) is 1.37. The Morgan fingerprint density at radius 2 is 1.83 bits per heavy atom. The number of hydrogen-bond donors (Lipinski definition) is 1. The number of nitrogens with zero attached hydrogens (tertiary/aromatic N) is 4. The van der Waals surface area contributed by atoms with Gasteiger partial charge in [0.05, 0.1) is 9.90 Å². The maximum absolute atomic E-state index is 12.6. The van der Waals surface area contributed by atoms with Crippen molar-refractivity contribution >= 4 is 56.3 Å². The van der Waals surface area contributed by atoms with Crippen LogP contribution in [0.1, 0.15) is 5.56 Å². The third-order valence-corrected chi connectivity index (χ3v) is 7.62. The number of aliphatic imine (C=N–C) groups is 1. The fraction of sp³-hybridized carbons (Fsp3) is 0.421. The minimum absolute atomic E-state index is 0. The van der Waals surface area contributed by atoms with Gasteiger partial charge in [-0.1, -0.05) is 18.2 Å². The SMILES string of the molecule is CN=C(NCc1ccccc1S(=O)(=O)N(C)C)N1CCN(c2cccs2)CC1.I. The predicted molar refractivity (Wildman–Crippen MR) is 131 cm³/mol. The molecule has 1 aromatic heterocycles. The van der Waals surface area contributed by atoms with Crippen LogP contribution in [0.4, 0.5) is 5.00 Å². The molecule has 29 heavy (non-hydrogen) atoms. The van der Waals surface area contributed by atoms with E-state index >= 15 is 0 Å². The zero-order valence-electron chi connectivity index (χ0n) is 16.9. The quantitative estimate of drug-likeness (QED) is 0.353. The van der Waals surface area contributed by atoms with Gasteiger partial charge in [-0.25, -0.2) is 12.7 Å². The molecule has 3 rings (SSSR count). The van der Waals surface area contributed by atoms with Crippen LogP contribution in [0.2, 0.25) is 0 Å². The molecule has 1 aliphatic rings. The van der Waals surface area contributed by atoms with Crippen molar-refractivity contribution in [3.63, 3.8) is 0 Å². The molecule has 1 aromatic carbocycles. The number of nitrogens with one attached hydrogen (secondary N) is 1. The molecule has 0 amide bonds. The van der Waals surface area contributed by atoms with Crippen molar-refractivity contribution in [3.8, 4) is 0 Å². The molecule has 0 unspecified atom stereocenters. The Labute approximate surface area is 194 Å². The summed E-state index contributed by atoms with van der Waals surface area (Å²) >= 11 is 1.76. The summed E-state index contributed by atoms with van der Waals surface area (Å²) in [6, 6.07) is 11.3. The summed E-state index contributed by atoms with van der Waals surface area (Å²) in [5.74, 6) is 0.794. The number of sulfonamides is 1. The van der Waals surface area contributed by atoms with Crippen LogP contribution < -0.4 is 10.2 Å². The Morgan fingerprint density at radius 3 is 2.41 bits per heavy atom. The molecule has 1 fully saturated rings. The molecule has 1 saturated heterocycles. The second kappa shape index (κ2) is 10.6. The molecule has 7 nitrogen and oxygen atoms in total. The summed E-state index contributed by atoms with van der Waals surface area (Å²) in [6.45, 7) is 4.02. The number of halogens is 1. The lowest BCUT2D eigenvalue weighted by molar-refractivity contribution is 0.373. The van der Waals surface area contributed by atoms with E-state index in [9.17, 15) is 8.42 Å². The summed E-state index contributed by atoms with van der Waals surface area (Å²) in [5, 5.41) is 6.73. The number of hydrogen-bond acceptors (Lipinski definition) is 5. The van der Waals surface area contributed by atoms with Crippen molar-refractivity contribution in [2.45, 2.75) is 11.4 Å². The van der Waals surface area contributed by atoms with E-state index in [2.05, 4.69) is 37.6 Å². The van der Waals surface area contributed by atoms with E-state index in [4.69, 9.17) is 0 Å². The van der Waals surface area contributed by atoms with Crippen molar-refractivity contribution in [1.29, 1.82) is 0 Å². The summed E-state index contributed by atoms with van der Waals surface area (Å²) in [4.78, 5) is 9.32. The number of piperazine rings is 1. The highest BCUT2D eigenvalue weighted by molar-refractivity contribution is 14.0.